The Labute approximate surface area is 187 Å². The molecular weight excluding hydrogens is 410 g/mol. The van der Waals surface area contributed by atoms with E-state index in [1.165, 1.54) is 0 Å². The lowest BCUT2D eigenvalue weighted by Gasteiger charge is -2.10. The van der Waals surface area contributed by atoms with Crippen LogP contribution in [0.4, 0.5) is 10.5 Å². The zero-order valence-electron chi connectivity index (χ0n) is 18.6. The topological polar surface area (TPSA) is 114 Å². The van der Waals surface area contributed by atoms with Gasteiger partial charge in [0, 0.05) is 30.3 Å². The van der Waals surface area contributed by atoms with Gasteiger partial charge in [-0.15, -0.1) is 0 Å². The minimum atomic E-state index is -0.612. The molecular formula is C24H29N3O5. The first kappa shape index (κ1) is 24.6. The fourth-order valence-corrected chi connectivity index (χ4v) is 2.74. The third kappa shape index (κ3) is 8.22. The lowest BCUT2D eigenvalue weighted by atomic mass is 10.1. The molecule has 0 bridgehead atoms. The van der Waals surface area contributed by atoms with Gasteiger partial charge in [0.25, 0.3) is 0 Å². The summed E-state index contributed by atoms with van der Waals surface area (Å²) in [5, 5.41) is 8.20. The minimum Gasteiger partial charge on any atom is -0.454 e. The van der Waals surface area contributed by atoms with Crippen LogP contribution in [0.1, 0.15) is 59.9 Å². The van der Waals surface area contributed by atoms with Crippen LogP contribution in [0, 0.1) is 0 Å². The largest absolute Gasteiger partial charge is 0.454 e. The molecule has 170 valence electrons. The maximum absolute atomic E-state index is 12.3. The van der Waals surface area contributed by atoms with Crippen molar-refractivity contribution in [3.63, 3.8) is 0 Å². The van der Waals surface area contributed by atoms with Crippen molar-refractivity contribution in [1.29, 1.82) is 0 Å². The van der Waals surface area contributed by atoms with Crippen molar-refractivity contribution >= 4 is 29.4 Å². The number of carbonyl (C=O) groups excluding carboxylic acids is 4. The average molecular weight is 440 g/mol. The van der Waals surface area contributed by atoms with E-state index in [-0.39, 0.29) is 30.4 Å². The van der Waals surface area contributed by atoms with Crippen LogP contribution >= 0.6 is 0 Å². The highest BCUT2D eigenvalue weighted by Crippen LogP contribution is 2.12. The number of rotatable bonds is 10. The van der Waals surface area contributed by atoms with E-state index in [4.69, 9.17) is 4.74 Å². The van der Waals surface area contributed by atoms with Crippen LogP contribution in [0.5, 0.6) is 0 Å². The number of carbonyl (C=O) groups is 4. The predicted molar refractivity (Wildman–Crippen MR) is 122 cm³/mol. The standard InChI is InChI=1S/C24H29N3O5/c1-4-5-22(29)27-20-12-10-18(11-13-20)21(28)15-32-23(30)19-8-6-17(7-9-19)14-25-24(31)26-16(2)3/h6-13,16H,4-5,14-15H2,1-3H3,(H,27,29)(H2,25,26,31). The molecule has 0 radical (unpaired) electrons. The highest BCUT2D eigenvalue weighted by atomic mass is 16.5. The van der Waals surface area contributed by atoms with Gasteiger partial charge in [-0.05, 0) is 62.2 Å². The van der Waals surface area contributed by atoms with Gasteiger partial charge in [0.05, 0.1) is 5.56 Å². The molecule has 2 aromatic rings. The molecule has 0 aliphatic heterocycles. The lowest BCUT2D eigenvalue weighted by molar-refractivity contribution is -0.116. The second kappa shape index (κ2) is 12.2. The number of anilines is 1. The molecule has 0 fully saturated rings. The van der Waals surface area contributed by atoms with Gasteiger partial charge in [-0.3, -0.25) is 9.59 Å². The Kier molecular flexibility index (Phi) is 9.41. The van der Waals surface area contributed by atoms with E-state index in [2.05, 4.69) is 16.0 Å². The number of benzene rings is 2. The summed E-state index contributed by atoms with van der Waals surface area (Å²) in [5.41, 5.74) is 2.12. The Morgan fingerprint density at radius 1 is 0.906 bits per heavy atom. The molecule has 32 heavy (non-hydrogen) atoms. The molecule has 0 saturated heterocycles. The maximum atomic E-state index is 12.3. The van der Waals surface area contributed by atoms with Gasteiger partial charge in [0.2, 0.25) is 5.91 Å². The Balaban J connectivity index is 1.82. The van der Waals surface area contributed by atoms with Gasteiger partial charge in [-0.1, -0.05) is 19.1 Å². The van der Waals surface area contributed by atoms with Crippen LogP contribution in [0.25, 0.3) is 0 Å². The van der Waals surface area contributed by atoms with E-state index in [9.17, 15) is 19.2 Å². The molecule has 8 nitrogen and oxygen atoms in total. The number of hydrogen-bond donors (Lipinski definition) is 3. The molecule has 8 heteroatoms. The van der Waals surface area contributed by atoms with Crippen molar-refractivity contribution in [1.82, 2.24) is 10.6 Å². The summed E-state index contributed by atoms with van der Waals surface area (Å²) in [6.07, 6.45) is 1.18. The summed E-state index contributed by atoms with van der Waals surface area (Å²) in [6.45, 7) is 5.59. The van der Waals surface area contributed by atoms with E-state index in [1.54, 1.807) is 48.5 Å². The molecule has 0 heterocycles. The number of urea groups is 1. The molecule has 3 N–H and O–H groups in total. The third-order valence-electron chi connectivity index (χ3n) is 4.36. The van der Waals surface area contributed by atoms with Crippen LogP contribution in [0.15, 0.2) is 48.5 Å². The van der Waals surface area contributed by atoms with Gasteiger partial charge in [0.1, 0.15) is 0 Å². The quantitative estimate of drug-likeness (QED) is 0.386. The summed E-state index contributed by atoms with van der Waals surface area (Å²) in [7, 11) is 0. The second-order valence-corrected chi connectivity index (χ2v) is 7.55. The average Bonchev–Trinajstić information content (AvgIpc) is 2.76. The zero-order chi connectivity index (χ0) is 23.5. The number of esters is 1. The summed E-state index contributed by atoms with van der Waals surface area (Å²) >= 11 is 0. The Hall–Kier alpha value is -3.68. The number of nitrogens with one attached hydrogen (secondary N) is 3. The zero-order valence-corrected chi connectivity index (χ0v) is 18.6. The first-order valence-electron chi connectivity index (χ1n) is 10.5. The molecule has 0 spiro atoms. The number of amides is 3. The molecule has 2 aromatic carbocycles. The van der Waals surface area contributed by atoms with Crippen molar-refractivity contribution in [2.45, 2.75) is 46.2 Å². The lowest BCUT2D eigenvalue weighted by Crippen LogP contribution is -2.39. The smallest absolute Gasteiger partial charge is 0.338 e. The van der Waals surface area contributed by atoms with E-state index in [1.807, 2.05) is 20.8 Å². The summed E-state index contributed by atoms with van der Waals surface area (Å²) in [5.74, 6) is -1.04. The molecule has 0 atom stereocenters. The Morgan fingerprint density at radius 2 is 1.53 bits per heavy atom. The maximum Gasteiger partial charge on any atom is 0.338 e. The predicted octanol–water partition coefficient (Wildman–Crippen LogP) is 3.67. The van der Waals surface area contributed by atoms with Crippen molar-refractivity contribution in [2.24, 2.45) is 0 Å². The van der Waals surface area contributed by atoms with E-state index >= 15 is 0 Å². The first-order valence-corrected chi connectivity index (χ1v) is 10.5. The highest BCUT2D eigenvalue weighted by molar-refractivity contribution is 6.00. The Bertz CT molecular complexity index is 937. The number of ether oxygens (including phenoxy) is 1. The van der Waals surface area contributed by atoms with Gasteiger partial charge in [-0.2, -0.15) is 0 Å². The molecule has 0 aromatic heterocycles. The molecule has 0 aliphatic rings. The van der Waals surface area contributed by atoms with Crippen LogP contribution < -0.4 is 16.0 Å². The molecule has 0 unspecified atom stereocenters. The van der Waals surface area contributed by atoms with Crippen LogP contribution in [-0.4, -0.2) is 36.3 Å². The Morgan fingerprint density at radius 3 is 2.12 bits per heavy atom. The summed E-state index contributed by atoms with van der Waals surface area (Å²) in [6, 6.07) is 12.8. The SMILES string of the molecule is CCCC(=O)Nc1ccc(C(=O)COC(=O)c2ccc(CNC(=O)NC(C)C)cc2)cc1. The second-order valence-electron chi connectivity index (χ2n) is 7.55. The molecule has 3 amide bonds. The van der Waals surface area contributed by atoms with Crippen LogP contribution in [-0.2, 0) is 16.1 Å². The number of ketones is 1. The van der Waals surface area contributed by atoms with Gasteiger partial charge in [0.15, 0.2) is 12.4 Å². The third-order valence-corrected chi connectivity index (χ3v) is 4.36. The number of hydrogen-bond acceptors (Lipinski definition) is 5. The van der Waals surface area contributed by atoms with Crippen molar-refractivity contribution in [2.75, 3.05) is 11.9 Å². The number of Topliss-reactive ketones (excluding diaryl/α,β-unsaturated/α-hetero) is 1. The van der Waals surface area contributed by atoms with Gasteiger partial charge >= 0.3 is 12.0 Å². The molecule has 2 rings (SSSR count). The monoisotopic (exact) mass is 439 g/mol. The summed E-state index contributed by atoms with van der Waals surface area (Å²) in [4.78, 5) is 47.7. The van der Waals surface area contributed by atoms with E-state index in [0.717, 1.165) is 12.0 Å². The van der Waals surface area contributed by atoms with Gasteiger partial charge < -0.3 is 20.7 Å². The normalized spacial score (nSPS) is 10.4. The van der Waals surface area contributed by atoms with E-state index in [0.29, 0.717) is 29.8 Å². The van der Waals surface area contributed by atoms with Crippen molar-refractivity contribution in [3.8, 4) is 0 Å². The first-order chi connectivity index (χ1) is 15.3. The fourth-order valence-electron chi connectivity index (χ4n) is 2.74. The van der Waals surface area contributed by atoms with Crippen LogP contribution in [0.3, 0.4) is 0 Å². The molecule has 0 aliphatic carbocycles. The van der Waals surface area contributed by atoms with Crippen molar-refractivity contribution in [3.05, 3.63) is 65.2 Å². The fraction of sp³-hybridized carbons (Fsp3) is 0.333. The molecule has 0 saturated carbocycles. The highest BCUT2D eigenvalue weighted by Gasteiger charge is 2.12. The minimum absolute atomic E-state index is 0.0412. The van der Waals surface area contributed by atoms with Crippen LogP contribution in [0.2, 0.25) is 0 Å². The van der Waals surface area contributed by atoms with E-state index < -0.39 is 5.97 Å². The summed E-state index contributed by atoms with van der Waals surface area (Å²) < 4.78 is 5.11. The van der Waals surface area contributed by atoms with Gasteiger partial charge in [-0.25, -0.2) is 9.59 Å². The van der Waals surface area contributed by atoms with Crippen molar-refractivity contribution < 1.29 is 23.9 Å².